The second-order valence-electron chi connectivity index (χ2n) is 11.6. The molecule has 6 atom stereocenters. The van der Waals surface area contributed by atoms with Gasteiger partial charge in [0, 0.05) is 29.6 Å². The third kappa shape index (κ3) is 6.38. The number of benzene rings is 2. The van der Waals surface area contributed by atoms with Gasteiger partial charge in [0.1, 0.15) is 16.7 Å². The molecular formula is C32H41ClN2O3S. The molecule has 39 heavy (non-hydrogen) atoms. The van der Waals surface area contributed by atoms with Gasteiger partial charge in [-0.2, -0.15) is 0 Å². The highest BCUT2D eigenvalue weighted by atomic mass is 35.5. The number of hydrogen-bond acceptors (Lipinski definition) is 4. The Kier molecular flexibility index (Phi) is 9.02. The Bertz CT molecular complexity index is 1250. The summed E-state index contributed by atoms with van der Waals surface area (Å²) in [5.41, 5.74) is 4.06. The molecule has 1 amide bonds. The Morgan fingerprint density at radius 3 is 2.62 bits per heavy atom. The molecule has 0 saturated heterocycles. The molecule has 2 aliphatic heterocycles. The van der Waals surface area contributed by atoms with Crippen molar-refractivity contribution in [3.05, 3.63) is 70.3 Å². The van der Waals surface area contributed by atoms with Crippen LogP contribution in [0.2, 0.25) is 5.02 Å². The Morgan fingerprint density at radius 2 is 1.85 bits per heavy atom. The average Bonchev–Trinajstić information content (AvgIpc) is 3.09. The van der Waals surface area contributed by atoms with E-state index in [9.17, 15) is 9.00 Å². The summed E-state index contributed by atoms with van der Waals surface area (Å²) in [6.45, 7) is 8.58. The third-order valence-electron chi connectivity index (χ3n) is 8.98. The number of nitrogens with one attached hydrogen (secondary N) is 1. The smallest absolute Gasteiger partial charge is 0.263 e. The first-order chi connectivity index (χ1) is 18.8. The van der Waals surface area contributed by atoms with E-state index in [2.05, 4.69) is 47.8 Å². The average molecular weight is 569 g/mol. The van der Waals surface area contributed by atoms with Gasteiger partial charge in [-0.25, -0.2) is 4.21 Å². The molecule has 0 spiro atoms. The van der Waals surface area contributed by atoms with Gasteiger partial charge < -0.3 is 9.64 Å². The molecule has 3 aliphatic rings. The highest BCUT2D eigenvalue weighted by Gasteiger charge is 2.35. The van der Waals surface area contributed by atoms with Crippen molar-refractivity contribution >= 4 is 34.2 Å². The number of hydrogen-bond donors (Lipinski definition) is 1. The fraction of sp³-hybridized carbons (Fsp3) is 0.531. The molecule has 2 aromatic rings. The second-order valence-corrected chi connectivity index (χ2v) is 13.6. The van der Waals surface area contributed by atoms with Gasteiger partial charge in [-0.3, -0.25) is 9.52 Å². The van der Waals surface area contributed by atoms with Gasteiger partial charge in [0.25, 0.3) is 5.91 Å². The first-order valence-corrected chi connectivity index (χ1v) is 16.1. The molecule has 5 nitrogen and oxygen atoms in total. The van der Waals surface area contributed by atoms with Crippen molar-refractivity contribution in [3.8, 4) is 5.75 Å². The summed E-state index contributed by atoms with van der Waals surface area (Å²) in [4.78, 5) is 15.7. The molecule has 1 saturated carbocycles. The first-order valence-electron chi connectivity index (χ1n) is 14.5. The lowest BCUT2D eigenvalue weighted by Gasteiger charge is -2.41. The number of carbonyl (C=O) groups excluding carboxylic acids is 1. The van der Waals surface area contributed by atoms with Crippen LogP contribution in [0.5, 0.6) is 5.75 Å². The van der Waals surface area contributed by atoms with Crippen LogP contribution < -0.4 is 14.4 Å². The number of fused-ring (bicyclic) bond motifs is 2. The lowest BCUT2D eigenvalue weighted by atomic mass is 9.71. The molecule has 5 rings (SSSR count). The molecule has 2 bridgehead atoms. The number of ether oxygens (including phenoxy) is 1. The van der Waals surface area contributed by atoms with Crippen LogP contribution in [0.1, 0.15) is 80.3 Å². The highest BCUT2D eigenvalue weighted by Crippen LogP contribution is 2.42. The maximum absolute atomic E-state index is 13.2. The quantitative estimate of drug-likeness (QED) is 0.402. The number of anilines is 1. The van der Waals surface area contributed by atoms with Crippen molar-refractivity contribution in [3.63, 3.8) is 0 Å². The van der Waals surface area contributed by atoms with Crippen molar-refractivity contribution in [1.82, 2.24) is 4.72 Å². The summed E-state index contributed by atoms with van der Waals surface area (Å²) in [7, 11) is -1.46. The maximum atomic E-state index is 13.2. The minimum Gasteiger partial charge on any atom is -0.491 e. The number of rotatable bonds is 3. The molecule has 0 radical (unpaired) electrons. The monoisotopic (exact) mass is 568 g/mol. The topological polar surface area (TPSA) is 58.6 Å². The lowest BCUT2D eigenvalue weighted by Crippen LogP contribution is -2.40. The van der Waals surface area contributed by atoms with E-state index >= 15 is 0 Å². The minimum absolute atomic E-state index is 0.138. The number of halogens is 1. The largest absolute Gasteiger partial charge is 0.491 e. The van der Waals surface area contributed by atoms with Crippen LogP contribution in [0.15, 0.2) is 48.6 Å². The molecule has 1 aliphatic carbocycles. The molecule has 2 aromatic carbocycles. The van der Waals surface area contributed by atoms with Crippen LogP contribution in [0.25, 0.3) is 0 Å². The van der Waals surface area contributed by atoms with E-state index in [1.807, 2.05) is 25.1 Å². The van der Waals surface area contributed by atoms with Gasteiger partial charge in [0.05, 0.1) is 17.5 Å². The van der Waals surface area contributed by atoms with Crippen LogP contribution in [-0.2, 0) is 17.4 Å². The predicted octanol–water partition coefficient (Wildman–Crippen LogP) is 7.07. The molecular weight excluding hydrogens is 528 g/mol. The fourth-order valence-electron chi connectivity index (χ4n) is 6.15. The molecule has 1 fully saturated rings. The Hall–Kier alpha value is -2.31. The van der Waals surface area contributed by atoms with E-state index in [1.54, 1.807) is 6.07 Å². The van der Waals surface area contributed by atoms with Crippen molar-refractivity contribution < 1.29 is 13.7 Å². The standard InChI is InChI=1S/C32H41ClN2O3S/c1-4-7-24-16-28(33)13-14-29(24)27-19-35-18-26-11-10-23(26)9-6-5-8-21(2)22(3)39(37)34-32(36)25-12-15-31(38-20-27)30(35)17-25/h5-6,12-17,21-23,26-27H,4,7-11,18-20H2,1-3H3,(H,34,36)/b6-5+. The van der Waals surface area contributed by atoms with Crippen molar-refractivity contribution in [1.29, 1.82) is 0 Å². The maximum Gasteiger partial charge on any atom is 0.263 e. The van der Waals surface area contributed by atoms with E-state index in [0.717, 1.165) is 55.2 Å². The van der Waals surface area contributed by atoms with Gasteiger partial charge in [-0.05, 0) is 98.2 Å². The number of nitrogens with zero attached hydrogens (tertiary/aromatic N) is 1. The van der Waals surface area contributed by atoms with Crippen LogP contribution in [0.3, 0.4) is 0 Å². The molecule has 7 heteroatoms. The van der Waals surface area contributed by atoms with Crippen LogP contribution in [0.4, 0.5) is 5.69 Å². The Morgan fingerprint density at radius 1 is 1.05 bits per heavy atom. The summed E-state index contributed by atoms with van der Waals surface area (Å²) >= 11 is 6.39. The van der Waals surface area contributed by atoms with Gasteiger partial charge >= 0.3 is 0 Å². The third-order valence-corrected chi connectivity index (χ3v) is 10.7. The normalized spacial score (nSPS) is 30.3. The van der Waals surface area contributed by atoms with Gasteiger partial charge in [-0.1, -0.05) is 50.1 Å². The van der Waals surface area contributed by atoms with E-state index in [4.69, 9.17) is 16.3 Å². The van der Waals surface area contributed by atoms with E-state index in [1.165, 1.54) is 24.0 Å². The van der Waals surface area contributed by atoms with E-state index in [0.29, 0.717) is 24.0 Å². The minimum atomic E-state index is -1.46. The van der Waals surface area contributed by atoms with Crippen LogP contribution in [-0.4, -0.2) is 35.1 Å². The number of amides is 1. The van der Waals surface area contributed by atoms with E-state index in [-0.39, 0.29) is 23.0 Å². The summed E-state index contributed by atoms with van der Waals surface area (Å²) in [6, 6.07) is 11.9. The zero-order valence-corrected chi connectivity index (χ0v) is 24.9. The molecule has 210 valence electrons. The lowest BCUT2D eigenvalue weighted by molar-refractivity contribution is 0.0982. The van der Waals surface area contributed by atoms with E-state index < -0.39 is 11.0 Å². The van der Waals surface area contributed by atoms with Crippen molar-refractivity contribution in [2.24, 2.45) is 17.8 Å². The first kappa shape index (κ1) is 28.2. The Balaban J connectivity index is 1.50. The summed E-state index contributed by atoms with van der Waals surface area (Å²) in [5, 5.41) is 0.633. The van der Waals surface area contributed by atoms with Gasteiger partial charge in [-0.15, -0.1) is 0 Å². The summed E-state index contributed by atoms with van der Waals surface area (Å²) in [6.07, 6.45) is 11.0. The van der Waals surface area contributed by atoms with Gasteiger partial charge in [0.15, 0.2) is 0 Å². The number of allylic oxidation sites excluding steroid dienone is 2. The Labute approximate surface area is 240 Å². The van der Waals surface area contributed by atoms with Crippen molar-refractivity contribution in [2.75, 3.05) is 24.6 Å². The molecule has 1 N–H and O–H groups in total. The SMILES string of the molecule is CCCc1cc(Cl)ccc1C1COc2ccc3cc2N(C1)CC1CCC1C/C=C/CC(C)C(C)S(=O)NC3=O. The molecule has 0 aromatic heterocycles. The molecule has 6 unspecified atom stereocenters. The fourth-order valence-corrected chi connectivity index (χ4v) is 7.37. The zero-order valence-electron chi connectivity index (χ0n) is 23.3. The van der Waals surface area contributed by atoms with Gasteiger partial charge in [0.2, 0.25) is 0 Å². The predicted molar refractivity (Wildman–Crippen MR) is 161 cm³/mol. The van der Waals surface area contributed by atoms with Crippen LogP contribution in [0, 0.1) is 17.8 Å². The number of carbonyl (C=O) groups is 1. The summed E-state index contributed by atoms with van der Waals surface area (Å²) < 4.78 is 22.2. The highest BCUT2D eigenvalue weighted by molar-refractivity contribution is 7.84. The zero-order chi connectivity index (χ0) is 27.5. The van der Waals surface area contributed by atoms with Crippen molar-refractivity contribution in [2.45, 2.75) is 70.5 Å². The van der Waals surface area contributed by atoms with Crippen LogP contribution >= 0.6 is 11.6 Å². The molecule has 2 heterocycles. The number of aryl methyl sites for hydroxylation is 1. The summed E-state index contributed by atoms with van der Waals surface area (Å²) in [5.74, 6) is 2.18. The second kappa shape index (κ2) is 12.5.